The van der Waals surface area contributed by atoms with Gasteiger partial charge >= 0.3 is 0 Å². The summed E-state index contributed by atoms with van der Waals surface area (Å²) in [6.07, 6.45) is 1.02. The van der Waals surface area contributed by atoms with Crippen LogP contribution in [0.2, 0.25) is 0 Å². The predicted molar refractivity (Wildman–Crippen MR) is 127 cm³/mol. The van der Waals surface area contributed by atoms with E-state index in [-0.39, 0.29) is 11.4 Å². The van der Waals surface area contributed by atoms with Gasteiger partial charge in [-0.3, -0.25) is 0 Å². The molecule has 0 aliphatic carbocycles. The molecule has 7 heteroatoms. The first-order valence-electron chi connectivity index (χ1n) is 11.0. The molecule has 174 valence electrons. The molecule has 2 N–H and O–H groups in total. The molecule has 2 aromatic rings. The highest BCUT2D eigenvalue weighted by Gasteiger charge is 2.38. The van der Waals surface area contributed by atoms with E-state index in [0.717, 1.165) is 23.2 Å². The molecule has 2 unspecified atom stereocenters. The van der Waals surface area contributed by atoms with E-state index in [1.54, 1.807) is 21.3 Å². The zero-order valence-corrected chi connectivity index (χ0v) is 20.3. The maximum atomic E-state index is 10.0. The topological polar surface area (TPSA) is 90.0 Å². The van der Waals surface area contributed by atoms with Crippen molar-refractivity contribution in [3.05, 3.63) is 52.4 Å². The number of nitrogens with two attached hydrogens (primary N) is 1. The number of allylic oxidation sites excluding steroid dienone is 1. The first kappa shape index (κ1) is 22.7. The van der Waals surface area contributed by atoms with Crippen LogP contribution in [0.15, 0.2) is 35.7 Å². The summed E-state index contributed by atoms with van der Waals surface area (Å²) in [5.41, 5.74) is 10.7. The van der Waals surface area contributed by atoms with Gasteiger partial charge in [-0.1, -0.05) is 6.92 Å². The van der Waals surface area contributed by atoms with Gasteiger partial charge in [0.25, 0.3) is 0 Å². The Hall–Kier alpha value is -3.53. The van der Waals surface area contributed by atoms with Crippen molar-refractivity contribution in [2.75, 3.05) is 33.3 Å². The van der Waals surface area contributed by atoms with E-state index in [0.29, 0.717) is 34.5 Å². The number of methoxy groups -OCH3 is 3. The van der Waals surface area contributed by atoms with Crippen molar-refractivity contribution in [2.24, 2.45) is 5.73 Å². The third-order valence-electron chi connectivity index (χ3n) is 6.99. The Morgan fingerprint density at radius 1 is 1.06 bits per heavy atom. The molecule has 2 aromatic carbocycles. The van der Waals surface area contributed by atoms with Crippen LogP contribution in [0.25, 0.3) is 0 Å². The highest BCUT2D eigenvalue weighted by atomic mass is 16.5. The molecule has 2 aliphatic rings. The number of ether oxygens (including phenoxy) is 4. The summed E-state index contributed by atoms with van der Waals surface area (Å²) in [5.74, 6) is 2.22. The van der Waals surface area contributed by atoms with Crippen LogP contribution in [-0.4, -0.2) is 33.9 Å². The van der Waals surface area contributed by atoms with E-state index in [9.17, 15) is 5.26 Å². The first-order chi connectivity index (χ1) is 15.7. The number of nitriles is 1. The molecule has 2 aliphatic heterocycles. The summed E-state index contributed by atoms with van der Waals surface area (Å²) in [7, 11) is 6.82. The van der Waals surface area contributed by atoms with Crippen molar-refractivity contribution >= 4 is 5.69 Å². The molecule has 0 spiro atoms. The fraction of sp³-hybridized carbons (Fsp3) is 0.423. The van der Waals surface area contributed by atoms with Gasteiger partial charge in [-0.2, -0.15) is 5.26 Å². The lowest BCUT2D eigenvalue weighted by Gasteiger charge is -2.46. The summed E-state index contributed by atoms with van der Waals surface area (Å²) in [6, 6.07) is 10.2. The molecule has 4 rings (SSSR count). The van der Waals surface area contributed by atoms with Gasteiger partial charge in [-0.15, -0.1) is 0 Å². The Balaban J connectivity index is 1.97. The lowest BCUT2D eigenvalue weighted by atomic mass is 9.76. The van der Waals surface area contributed by atoms with Gasteiger partial charge in [0.2, 0.25) is 11.6 Å². The Bertz CT molecular complexity index is 1150. The summed E-state index contributed by atoms with van der Waals surface area (Å²) < 4.78 is 22.6. The second-order valence-corrected chi connectivity index (χ2v) is 9.31. The SMILES string of the molecule is COc1cc(C2C(C#N)=C(N)Oc3cc4c(cc32)C(C)CC(C)(C)N4C)cc(OC)c1OC. The van der Waals surface area contributed by atoms with Gasteiger partial charge in [-0.25, -0.2) is 0 Å². The molecule has 2 heterocycles. The molecular weight excluding hydrogens is 418 g/mol. The standard InChI is InChI=1S/C26H31N3O4/c1-14-12-26(2,3)29(4)19-11-20-17(10-16(14)19)23(18(13-27)25(28)33-20)15-8-21(30-5)24(32-7)22(9-15)31-6/h8-11,14,23H,12,28H2,1-7H3. The van der Waals surface area contributed by atoms with Gasteiger partial charge in [0.1, 0.15) is 17.4 Å². The Morgan fingerprint density at radius 2 is 1.70 bits per heavy atom. The number of hydrogen-bond donors (Lipinski definition) is 1. The molecule has 7 nitrogen and oxygen atoms in total. The van der Waals surface area contributed by atoms with Crippen molar-refractivity contribution in [3.63, 3.8) is 0 Å². The predicted octanol–water partition coefficient (Wildman–Crippen LogP) is 4.65. The minimum absolute atomic E-state index is 0.0185. The van der Waals surface area contributed by atoms with Crippen LogP contribution < -0.4 is 29.6 Å². The minimum atomic E-state index is -0.426. The van der Waals surface area contributed by atoms with Crippen molar-refractivity contribution < 1.29 is 18.9 Å². The molecule has 0 fully saturated rings. The highest BCUT2D eigenvalue weighted by molar-refractivity contribution is 5.69. The average molecular weight is 450 g/mol. The molecule has 0 radical (unpaired) electrons. The van der Waals surface area contributed by atoms with E-state index in [4.69, 9.17) is 24.7 Å². The Morgan fingerprint density at radius 3 is 2.24 bits per heavy atom. The second-order valence-electron chi connectivity index (χ2n) is 9.31. The van der Waals surface area contributed by atoms with Gasteiger partial charge < -0.3 is 29.6 Å². The second kappa shape index (κ2) is 8.11. The van der Waals surface area contributed by atoms with E-state index in [1.165, 1.54) is 5.56 Å². The van der Waals surface area contributed by atoms with Crippen LogP contribution in [0, 0.1) is 11.3 Å². The zero-order valence-electron chi connectivity index (χ0n) is 20.3. The molecule has 0 bridgehead atoms. The molecule has 33 heavy (non-hydrogen) atoms. The van der Waals surface area contributed by atoms with Crippen molar-refractivity contribution in [3.8, 4) is 29.1 Å². The Labute approximate surface area is 195 Å². The number of nitrogens with zero attached hydrogens (tertiary/aromatic N) is 2. The van der Waals surface area contributed by atoms with Gasteiger partial charge in [-0.05, 0) is 55.5 Å². The zero-order chi connectivity index (χ0) is 24.1. The molecule has 0 amide bonds. The van der Waals surface area contributed by atoms with E-state index >= 15 is 0 Å². The van der Waals surface area contributed by atoms with Gasteiger partial charge in [0, 0.05) is 29.9 Å². The van der Waals surface area contributed by atoms with Crippen LogP contribution in [0.5, 0.6) is 23.0 Å². The van der Waals surface area contributed by atoms with E-state index < -0.39 is 5.92 Å². The first-order valence-corrected chi connectivity index (χ1v) is 11.0. The molecule has 2 atom stereocenters. The number of benzene rings is 2. The summed E-state index contributed by atoms with van der Waals surface area (Å²) in [4.78, 5) is 2.29. The van der Waals surface area contributed by atoms with Crippen molar-refractivity contribution in [2.45, 2.75) is 44.6 Å². The monoisotopic (exact) mass is 449 g/mol. The number of rotatable bonds is 4. The van der Waals surface area contributed by atoms with Gasteiger partial charge in [0.05, 0.1) is 27.2 Å². The van der Waals surface area contributed by atoms with E-state index in [1.807, 2.05) is 18.2 Å². The molecule has 0 saturated carbocycles. The van der Waals surface area contributed by atoms with Gasteiger partial charge in [0.15, 0.2) is 11.5 Å². The average Bonchev–Trinajstić information content (AvgIpc) is 2.79. The summed E-state index contributed by atoms with van der Waals surface area (Å²) in [6.45, 7) is 6.73. The van der Waals surface area contributed by atoms with Crippen LogP contribution in [0.4, 0.5) is 5.69 Å². The molecule has 0 saturated heterocycles. The maximum absolute atomic E-state index is 10.0. The maximum Gasteiger partial charge on any atom is 0.205 e. The summed E-state index contributed by atoms with van der Waals surface area (Å²) in [5, 5.41) is 10.0. The highest BCUT2D eigenvalue weighted by Crippen LogP contribution is 2.51. The number of hydrogen-bond acceptors (Lipinski definition) is 7. The number of anilines is 1. The van der Waals surface area contributed by atoms with Crippen LogP contribution in [0.3, 0.4) is 0 Å². The number of fused-ring (bicyclic) bond motifs is 2. The van der Waals surface area contributed by atoms with E-state index in [2.05, 4.69) is 44.9 Å². The minimum Gasteiger partial charge on any atom is -0.493 e. The van der Waals surface area contributed by atoms with Crippen molar-refractivity contribution in [1.29, 1.82) is 5.26 Å². The fourth-order valence-corrected chi connectivity index (χ4v) is 5.13. The molecule has 0 aromatic heterocycles. The lowest BCUT2D eigenvalue weighted by molar-refractivity contribution is 0.323. The normalized spacial score (nSPS) is 20.8. The molecular formula is C26H31N3O4. The van der Waals surface area contributed by atoms with Crippen molar-refractivity contribution in [1.82, 2.24) is 0 Å². The van der Waals surface area contributed by atoms with Crippen LogP contribution in [-0.2, 0) is 0 Å². The smallest absolute Gasteiger partial charge is 0.205 e. The van der Waals surface area contributed by atoms with Crippen LogP contribution >= 0.6 is 0 Å². The summed E-state index contributed by atoms with van der Waals surface area (Å²) >= 11 is 0. The largest absolute Gasteiger partial charge is 0.493 e. The lowest BCUT2D eigenvalue weighted by Crippen LogP contribution is -2.45. The third kappa shape index (κ3) is 3.50. The fourth-order valence-electron chi connectivity index (χ4n) is 5.13. The quantitative estimate of drug-likeness (QED) is 0.726. The Kier molecular flexibility index (Phi) is 5.57. The van der Waals surface area contributed by atoms with Crippen LogP contribution in [0.1, 0.15) is 55.7 Å². The third-order valence-corrected chi connectivity index (χ3v) is 6.99.